The van der Waals surface area contributed by atoms with Crippen molar-refractivity contribution in [3.05, 3.63) is 65.5 Å². The lowest BCUT2D eigenvalue weighted by molar-refractivity contribution is -0.142. The molecule has 2 rings (SSSR count). The number of ether oxygens (including phenoxy) is 1. The molecular formula is C17H18FNO4S. The molecule has 0 saturated heterocycles. The molecule has 0 spiro atoms. The molecule has 0 saturated carbocycles. The zero-order chi connectivity index (χ0) is 17.7. The Bertz CT molecular complexity index is 822. The molecule has 0 aliphatic heterocycles. The highest BCUT2D eigenvalue weighted by atomic mass is 32.2. The number of hydrogen-bond acceptors (Lipinski definition) is 4. The molecule has 7 heteroatoms. The van der Waals surface area contributed by atoms with Crippen LogP contribution >= 0.6 is 0 Å². The van der Waals surface area contributed by atoms with Gasteiger partial charge in [-0.1, -0.05) is 36.4 Å². The van der Waals surface area contributed by atoms with Crippen LogP contribution in [0.15, 0.2) is 53.4 Å². The van der Waals surface area contributed by atoms with Crippen molar-refractivity contribution in [1.82, 2.24) is 4.72 Å². The first-order valence-electron chi connectivity index (χ1n) is 7.23. The van der Waals surface area contributed by atoms with Gasteiger partial charge in [0.2, 0.25) is 10.0 Å². The van der Waals surface area contributed by atoms with Gasteiger partial charge < -0.3 is 4.74 Å². The molecule has 2 aromatic carbocycles. The number of carbonyl (C=O) groups excluding carboxylic acids is 1. The number of carbonyl (C=O) groups is 1. The smallest absolute Gasteiger partial charge is 0.324 e. The molecular weight excluding hydrogens is 333 g/mol. The monoisotopic (exact) mass is 351 g/mol. The number of aryl methyl sites for hydroxylation is 1. The highest BCUT2D eigenvalue weighted by Gasteiger charge is 2.28. The van der Waals surface area contributed by atoms with E-state index in [1.807, 2.05) is 6.07 Å². The van der Waals surface area contributed by atoms with Crippen molar-refractivity contribution in [3.8, 4) is 0 Å². The summed E-state index contributed by atoms with van der Waals surface area (Å²) >= 11 is 0. The number of esters is 1. The predicted octanol–water partition coefficient (Wildman–Crippen LogP) is 2.20. The number of sulfonamides is 1. The Morgan fingerprint density at radius 1 is 1.21 bits per heavy atom. The highest BCUT2D eigenvalue weighted by Crippen LogP contribution is 2.17. The van der Waals surface area contributed by atoms with Crippen molar-refractivity contribution in [2.45, 2.75) is 24.3 Å². The summed E-state index contributed by atoms with van der Waals surface area (Å²) < 4.78 is 45.5. The summed E-state index contributed by atoms with van der Waals surface area (Å²) in [6.07, 6.45) is 0.126. The van der Waals surface area contributed by atoms with Gasteiger partial charge in [-0.2, -0.15) is 4.72 Å². The van der Waals surface area contributed by atoms with Crippen LogP contribution < -0.4 is 4.72 Å². The van der Waals surface area contributed by atoms with Gasteiger partial charge >= 0.3 is 5.97 Å². The Kier molecular flexibility index (Phi) is 5.69. The Hall–Kier alpha value is -2.25. The van der Waals surface area contributed by atoms with Crippen LogP contribution in [0.5, 0.6) is 0 Å². The zero-order valence-electron chi connectivity index (χ0n) is 13.3. The van der Waals surface area contributed by atoms with Crippen molar-refractivity contribution in [1.29, 1.82) is 0 Å². The second-order valence-electron chi connectivity index (χ2n) is 5.30. The largest absolute Gasteiger partial charge is 0.468 e. The number of benzene rings is 2. The molecule has 1 N–H and O–H groups in total. The van der Waals surface area contributed by atoms with Crippen molar-refractivity contribution in [3.63, 3.8) is 0 Å². The van der Waals surface area contributed by atoms with Gasteiger partial charge in [-0.25, -0.2) is 12.8 Å². The van der Waals surface area contributed by atoms with E-state index in [1.54, 1.807) is 31.2 Å². The third-order valence-corrected chi connectivity index (χ3v) is 5.12. The van der Waals surface area contributed by atoms with Crippen LogP contribution in [-0.4, -0.2) is 27.5 Å². The zero-order valence-corrected chi connectivity index (χ0v) is 14.1. The topological polar surface area (TPSA) is 72.5 Å². The van der Waals surface area contributed by atoms with Crippen molar-refractivity contribution < 1.29 is 22.3 Å². The van der Waals surface area contributed by atoms with E-state index in [0.29, 0.717) is 5.56 Å². The third kappa shape index (κ3) is 4.39. The standard InChI is InChI=1S/C17H18FNO4S/c1-12-8-9-14(18)11-16(12)24(21,22)19-15(17(20)23-2)10-13-6-4-3-5-7-13/h3-9,11,15,19H,10H2,1-2H3. The maximum atomic E-state index is 13.4. The Morgan fingerprint density at radius 3 is 2.50 bits per heavy atom. The lowest BCUT2D eigenvalue weighted by Crippen LogP contribution is -2.43. The Labute approximate surface area is 140 Å². The van der Waals surface area contributed by atoms with E-state index in [4.69, 9.17) is 0 Å². The molecule has 2 aromatic rings. The van der Waals surface area contributed by atoms with Crippen LogP contribution in [0.1, 0.15) is 11.1 Å². The summed E-state index contributed by atoms with van der Waals surface area (Å²) in [4.78, 5) is 11.7. The number of methoxy groups -OCH3 is 1. The number of nitrogens with one attached hydrogen (secondary N) is 1. The average Bonchev–Trinajstić information content (AvgIpc) is 2.56. The summed E-state index contributed by atoms with van der Waals surface area (Å²) in [6.45, 7) is 1.55. The molecule has 0 radical (unpaired) electrons. The van der Waals surface area contributed by atoms with E-state index in [9.17, 15) is 17.6 Å². The number of halogens is 1. The summed E-state index contributed by atoms with van der Waals surface area (Å²) in [5.41, 5.74) is 1.15. The van der Waals surface area contributed by atoms with E-state index >= 15 is 0 Å². The molecule has 0 aromatic heterocycles. The minimum absolute atomic E-state index is 0.126. The highest BCUT2D eigenvalue weighted by molar-refractivity contribution is 7.89. The molecule has 0 aliphatic carbocycles. The van der Waals surface area contributed by atoms with E-state index in [-0.39, 0.29) is 11.3 Å². The van der Waals surface area contributed by atoms with Crippen LogP contribution in [0.2, 0.25) is 0 Å². The predicted molar refractivity (Wildman–Crippen MR) is 87.4 cm³/mol. The molecule has 128 valence electrons. The number of rotatable bonds is 6. The maximum absolute atomic E-state index is 13.4. The minimum Gasteiger partial charge on any atom is -0.468 e. The van der Waals surface area contributed by atoms with Crippen molar-refractivity contribution in [2.75, 3.05) is 7.11 Å². The maximum Gasteiger partial charge on any atom is 0.324 e. The molecule has 0 amide bonds. The molecule has 24 heavy (non-hydrogen) atoms. The second kappa shape index (κ2) is 7.55. The summed E-state index contributed by atoms with van der Waals surface area (Å²) in [5.74, 6) is -1.38. The van der Waals surface area contributed by atoms with Gasteiger partial charge in [-0.15, -0.1) is 0 Å². The Balaban J connectivity index is 2.31. The fraction of sp³-hybridized carbons (Fsp3) is 0.235. The van der Waals surface area contributed by atoms with Gasteiger partial charge in [0.15, 0.2) is 0 Å². The fourth-order valence-corrected chi connectivity index (χ4v) is 3.72. The molecule has 1 atom stereocenters. The van der Waals surface area contributed by atoms with Gasteiger partial charge in [-0.3, -0.25) is 4.79 Å². The number of hydrogen-bond donors (Lipinski definition) is 1. The van der Waals surface area contributed by atoms with Gasteiger partial charge in [-0.05, 0) is 36.6 Å². The van der Waals surface area contributed by atoms with E-state index in [0.717, 1.165) is 11.6 Å². The van der Waals surface area contributed by atoms with Crippen molar-refractivity contribution in [2.24, 2.45) is 0 Å². The minimum atomic E-state index is -4.08. The summed E-state index contributed by atoms with van der Waals surface area (Å²) in [6, 6.07) is 11.3. The lowest BCUT2D eigenvalue weighted by atomic mass is 10.1. The SMILES string of the molecule is COC(=O)C(Cc1ccccc1)NS(=O)(=O)c1cc(F)ccc1C. The average molecular weight is 351 g/mol. The Morgan fingerprint density at radius 2 is 1.88 bits per heavy atom. The first-order chi connectivity index (χ1) is 11.3. The van der Waals surface area contributed by atoms with Crippen molar-refractivity contribution >= 4 is 16.0 Å². The third-order valence-electron chi connectivity index (χ3n) is 3.51. The fourth-order valence-electron chi connectivity index (χ4n) is 2.28. The van der Waals surface area contributed by atoms with Gasteiger partial charge in [0.05, 0.1) is 12.0 Å². The normalized spacial score (nSPS) is 12.6. The van der Waals surface area contributed by atoms with E-state index < -0.39 is 27.9 Å². The lowest BCUT2D eigenvalue weighted by Gasteiger charge is -2.17. The van der Waals surface area contributed by atoms with E-state index in [2.05, 4.69) is 9.46 Å². The molecule has 0 fully saturated rings. The second-order valence-corrected chi connectivity index (χ2v) is 6.98. The molecule has 0 bridgehead atoms. The van der Waals surface area contributed by atoms with Gasteiger partial charge in [0.1, 0.15) is 11.9 Å². The molecule has 1 unspecified atom stereocenters. The van der Waals surface area contributed by atoms with Crippen LogP contribution in [-0.2, 0) is 26.0 Å². The van der Waals surface area contributed by atoms with E-state index in [1.165, 1.54) is 19.2 Å². The quantitative estimate of drug-likeness (QED) is 0.810. The first-order valence-corrected chi connectivity index (χ1v) is 8.72. The summed E-state index contributed by atoms with van der Waals surface area (Å²) in [5, 5.41) is 0. The van der Waals surface area contributed by atoms with Crippen LogP contribution in [0.25, 0.3) is 0 Å². The molecule has 0 heterocycles. The van der Waals surface area contributed by atoms with Crippen LogP contribution in [0, 0.1) is 12.7 Å². The molecule has 0 aliphatic rings. The van der Waals surface area contributed by atoms with Gasteiger partial charge in [0, 0.05) is 0 Å². The van der Waals surface area contributed by atoms with Gasteiger partial charge in [0.25, 0.3) is 0 Å². The molecule has 5 nitrogen and oxygen atoms in total. The van der Waals surface area contributed by atoms with Crippen LogP contribution in [0.4, 0.5) is 4.39 Å². The first kappa shape index (κ1) is 18.1. The van der Waals surface area contributed by atoms with Crippen LogP contribution in [0.3, 0.4) is 0 Å². The summed E-state index contributed by atoms with van der Waals surface area (Å²) in [7, 11) is -2.90.